The maximum Gasteiger partial charge on any atom is 0.313 e. The molecule has 1 saturated heterocycles. The van der Waals surface area contributed by atoms with Crippen molar-refractivity contribution in [2.24, 2.45) is 5.92 Å². The van der Waals surface area contributed by atoms with E-state index in [9.17, 15) is 18.8 Å². The van der Waals surface area contributed by atoms with Gasteiger partial charge < -0.3 is 15.5 Å². The van der Waals surface area contributed by atoms with Crippen LogP contribution in [0.3, 0.4) is 0 Å². The third kappa shape index (κ3) is 4.45. The Labute approximate surface area is 168 Å². The number of amides is 3. The Hall–Kier alpha value is -3.22. The molecule has 0 spiro atoms. The maximum atomic E-state index is 13.3. The fourth-order valence-electron chi connectivity index (χ4n) is 3.97. The van der Waals surface area contributed by atoms with Gasteiger partial charge in [-0.2, -0.15) is 0 Å². The van der Waals surface area contributed by atoms with Gasteiger partial charge >= 0.3 is 11.8 Å². The zero-order valence-electron chi connectivity index (χ0n) is 15.9. The van der Waals surface area contributed by atoms with Gasteiger partial charge in [-0.05, 0) is 66.6 Å². The molecule has 0 saturated carbocycles. The number of likely N-dealkylation sites (tertiary alicyclic amines) is 1. The summed E-state index contributed by atoms with van der Waals surface area (Å²) in [7, 11) is 0. The molecule has 4 rings (SSSR count). The lowest BCUT2D eigenvalue weighted by Gasteiger charge is -2.31. The van der Waals surface area contributed by atoms with Gasteiger partial charge in [0.05, 0.1) is 6.42 Å². The molecular weight excluding hydrogens is 373 g/mol. The van der Waals surface area contributed by atoms with E-state index in [0.717, 1.165) is 36.1 Å². The van der Waals surface area contributed by atoms with Crippen LogP contribution in [-0.2, 0) is 27.2 Å². The molecule has 6 nitrogen and oxygen atoms in total. The largest absolute Gasteiger partial charge is 0.334 e. The minimum absolute atomic E-state index is 0.0827. The Balaban J connectivity index is 1.29. The molecule has 2 N–H and O–H groups in total. The number of carbonyl (C=O) groups excluding carboxylic acids is 3. The van der Waals surface area contributed by atoms with Crippen molar-refractivity contribution in [2.45, 2.75) is 25.7 Å². The first kappa shape index (κ1) is 19.1. The third-order valence-electron chi connectivity index (χ3n) is 5.50. The Morgan fingerprint density at radius 2 is 1.93 bits per heavy atom. The molecule has 2 aromatic carbocycles. The fourth-order valence-corrected chi connectivity index (χ4v) is 3.97. The topological polar surface area (TPSA) is 78.5 Å². The number of halogens is 1. The number of rotatable bonds is 3. The van der Waals surface area contributed by atoms with Gasteiger partial charge in [0.1, 0.15) is 5.82 Å². The Bertz CT molecular complexity index is 968. The number of hydrogen-bond donors (Lipinski definition) is 2. The van der Waals surface area contributed by atoms with E-state index in [4.69, 9.17) is 0 Å². The number of benzene rings is 2. The molecule has 2 aliphatic heterocycles. The van der Waals surface area contributed by atoms with Crippen LogP contribution < -0.4 is 10.6 Å². The first-order valence-corrected chi connectivity index (χ1v) is 9.75. The highest BCUT2D eigenvalue weighted by Crippen LogP contribution is 2.26. The molecule has 29 heavy (non-hydrogen) atoms. The standard InChI is InChI=1S/C22H22FN3O3/c23-17-3-1-2-15(11-17)10-14-6-8-26(9-7-14)22(29)21(28)24-18-4-5-19-16(12-18)13-20(27)25-19/h1-5,11-12,14H,6-10,13H2,(H,24,28)(H,25,27). The molecule has 150 valence electrons. The zero-order valence-corrected chi connectivity index (χ0v) is 15.9. The molecular formula is C22H22FN3O3. The van der Waals surface area contributed by atoms with E-state index in [1.807, 2.05) is 6.07 Å². The zero-order chi connectivity index (χ0) is 20.4. The Morgan fingerprint density at radius 1 is 1.14 bits per heavy atom. The van der Waals surface area contributed by atoms with Crippen LogP contribution in [0.2, 0.25) is 0 Å². The average molecular weight is 395 g/mol. The second kappa shape index (κ2) is 8.03. The molecule has 0 aliphatic carbocycles. The normalized spacial score (nSPS) is 16.3. The maximum absolute atomic E-state index is 13.3. The first-order chi connectivity index (χ1) is 14.0. The van der Waals surface area contributed by atoms with Gasteiger partial charge in [-0.3, -0.25) is 14.4 Å². The van der Waals surface area contributed by atoms with Crippen molar-refractivity contribution in [3.63, 3.8) is 0 Å². The molecule has 0 unspecified atom stereocenters. The monoisotopic (exact) mass is 395 g/mol. The van der Waals surface area contributed by atoms with Crippen LogP contribution in [0.5, 0.6) is 0 Å². The number of nitrogens with one attached hydrogen (secondary N) is 2. The van der Waals surface area contributed by atoms with E-state index in [-0.39, 0.29) is 18.1 Å². The highest BCUT2D eigenvalue weighted by molar-refractivity contribution is 6.39. The van der Waals surface area contributed by atoms with Gasteiger partial charge in [-0.1, -0.05) is 12.1 Å². The lowest BCUT2D eigenvalue weighted by Crippen LogP contribution is -2.44. The predicted molar refractivity (Wildman–Crippen MR) is 107 cm³/mol. The molecule has 2 heterocycles. The average Bonchev–Trinajstić information content (AvgIpc) is 3.07. The summed E-state index contributed by atoms with van der Waals surface area (Å²) in [6.45, 7) is 1.02. The molecule has 0 atom stereocenters. The van der Waals surface area contributed by atoms with Crippen molar-refractivity contribution >= 4 is 29.1 Å². The first-order valence-electron chi connectivity index (χ1n) is 9.75. The summed E-state index contributed by atoms with van der Waals surface area (Å²) in [6, 6.07) is 11.7. The van der Waals surface area contributed by atoms with E-state index in [0.29, 0.717) is 24.7 Å². The van der Waals surface area contributed by atoms with Crippen LogP contribution in [0, 0.1) is 11.7 Å². The van der Waals surface area contributed by atoms with Gasteiger partial charge in [0.2, 0.25) is 5.91 Å². The molecule has 0 radical (unpaired) electrons. The fraction of sp³-hybridized carbons (Fsp3) is 0.318. The molecule has 1 fully saturated rings. The van der Waals surface area contributed by atoms with Gasteiger partial charge in [0.25, 0.3) is 0 Å². The highest BCUT2D eigenvalue weighted by Gasteiger charge is 2.27. The second-order valence-corrected chi connectivity index (χ2v) is 7.62. The van der Waals surface area contributed by atoms with Crippen LogP contribution in [-0.4, -0.2) is 35.7 Å². The van der Waals surface area contributed by atoms with Crippen molar-refractivity contribution < 1.29 is 18.8 Å². The van der Waals surface area contributed by atoms with Crippen LogP contribution in [0.15, 0.2) is 42.5 Å². The Kier molecular flexibility index (Phi) is 5.29. The minimum Gasteiger partial charge on any atom is -0.334 e. The molecule has 2 aliphatic rings. The highest BCUT2D eigenvalue weighted by atomic mass is 19.1. The van der Waals surface area contributed by atoms with E-state index in [1.54, 1.807) is 35.2 Å². The molecule has 3 amide bonds. The van der Waals surface area contributed by atoms with E-state index in [2.05, 4.69) is 10.6 Å². The summed E-state index contributed by atoms with van der Waals surface area (Å²) in [6.07, 6.45) is 2.60. The van der Waals surface area contributed by atoms with Gasteiger partial charge in [0.15, 0.2) is 0 Å². The van der Waals surface area contributed by atoms with E-state index >= 15 is 0 Å². The third-order valence-corrected chi connectivity index (χ3v) is 5.50. The van der Waals surface area contributed by atoms with Crippen molar-refractivity contribution in [2.75, 3.05) is 23.7 Å². The lowest BCUT2D eigenvalue weighted by atomic mass is 9.90. The van der Waals surface area contributed by atoms with E-state index in [1.165, 1.54) is 6.07 Å². The summed E-state index contributed by atoms with van der Waals surface area (Å²) in [4.78, 5) is 37.8. The quantitative estimate of drug-likeness (QED) is 0.785. The van der Waals surface area contributed by atoms with Crippen LogP contribution in [0.1, 0.15) is 24.0 Å². The number of carbonyl (C=O) groups is 3. The molecule has 7 heteroatoms. The number of fused-ring (bicyclic) bond motifs is 1. The SMILES string of the molecule is O=C1Cc2cc(NC(=O)C(=O)N3CCC(Cc4cccc(F)c4)CC3)ccc2N1. The molecule has 0 aromatic heterocycles. The van der Waals surface area contributed by atoms with Crippen molar-refractivity contribution in [1.82, 2.24) is 4.90 Å². The smallest absolute Gasteiger partial charge is 0.313 e. The summed E-state index contributed by atoms with van der Waals surface area (Å²) in [5, 5.41) is 5.36. The predicted octanol–water partition coefficient (Wildman–Crippen LogP) is 2.74. The summed E-state index contributed by atoms with van der Waals surface area (Å²) in [5.74, 6) is -1.18. The van der Waals surface area contributed by atoms with Gasteiger partial charge in [0, 0.05) is 24.5 Å². The molecule has 2 aromatic rings. The number of hydrogen-bond acceptors (Lipinski definition) is 3. The van der Waals surface area contributed by atoms with Gasteiger partial charge in [-0.15, -0.1) is 0 Å². The second-order valence-electron chi connectivity index (χ2n) is 7.62. The minimum atomic E-state index is -0.675. The van der Waals surface area contributed by atoms with Crippen LogP contribution >= 0.6 is 0 Å². The van der Waals surface area contributed by atoms with Crippen LogP contribution in [0.4, 0.5) is 15.8 Å². The summed E-state index contributed by atoms with van der Waals surface area (Å²) < 4.78 is 13.3. The number of nitrogens with zero attached hydrogens (tertiary/aromatic N) is 1. The van der Waals surface area contributed by atoms with Gasteiger partial charge in [-0.25, -0.2) is 4.39 Å². The number of anilines is 2. The van der Waals surface area contributed by atoms with Crippen molar-refractivity contribution in [3.05, 3.63) is 59.4 Å². The summed E-state index contributed by atoms with van der Waals surface area (Å²) in [5.41, 5.74) is 3.00. The Morgan fingerprint density at radius 3 is 2.69 bits per heavy atom. The molecule has 0 bridgehead atoms. The van der Waals surface area contributed by atoms with Crippen molar-refractivity contribution in [1.29, 1.82) is 0 Å². The van der Waals surface area contributed by atoms with E-state index < -0.39 is 11.8 Å². The summed E-state index contributed by atoms with van der Waals surface area (Å²) >= 11 is 0. The lowest BCUT2D eigenvalue weighted by molar-refractivity contribution is -0.144. The van der Waals surface area contributed by atoms with Crippen molar-refractivity contribution in [3.8, 4) is 0 Å². The van der Waals surface area contributed by atoms with Crippen LogP contribution in [0.25, 0.3) is 0 Å². The number of piperidine rings is 1.